The molecule has 2 nitrogen and oxygen atoms in total. The average Bonchev–Trinajstić information content (AvgIpc) is 3.25. The van der Waals surface area contributed by atoms with Crippen LogP contribution in [0.3, 0.4) is 0 Å². The molecular weight excluding hydrogens is 380 g/mol. The Bertz CT molecular complexity index is 724. The van der Waals surface area contributed by atoms with Crippen molar-refractivity contribution in [3.05, 3.63) is 0 Å². The van der Waals surface area contributed by atoms with Crippen molar-refractivity contribution in [1.29, 1.82) is 0 Å². The molecule has 0 aromatic heterocycles. The van der Waals surface area contributed by atoms with Gasteiger partial charge in [-0.25, -0.2) is 0 Å². The van der Waals surface area contributed by atoms with Gasteiger partial charge >= 0.3 is 5.97 Å². The van der Waals surface area contributed by atoms with Crippen LogP contribution in [0.1, 0.15) is 117 Å². The molecule has 5 aliphatic carbocycles. The van der Waals surface area contributed by atoms with Gasteiger partial charge in [-0.1, -0.05) is 52.9 Å². The van der Waals surface area contributed by atoms with Crippen molar-refractivity contribution in [3.8, 4) is 0 Å². The van der Waals surface area contributed by atoms with Crippen molar-refractivity contribution >= 4 is 5.97 Å². The van der Waals surface area contributed by atoms with Crippen LogP contribution in [-0.2, 0) is 9.53 Å². The number of hydrogen-bond acceptors (Lipinski definition) is 2. The van der Waals surface area contributed by atoms with Crippen molar-refractivity contribution < 1.29 is 9.53 Å². The normalized spacial score (nSPS) is 52.7. The third-order valence-electron chi connectivity index (χ3n) is 12.7. The molecule has 4 unspecified atom stereocenters. The molecule has 2 bridgehead atoms. The summed E-state index contributed by atoms with van der Waals surface area (Å²) < 4.78 is 5.88. The molecule has 1 aliphatic heterocycles. The number of esters is 1. The van der Waals surface area contributed by atoms with E-state index in [4.69, 9.17) is 4.74 Å². The van der Waals surface area contributed by atoms with Crippen LogP contribution in [0, 0.1) is 51.8 Å². The van der Waals surface area contributed by atoms with Crippen LogP contribution in [-0.4, -0.2) is 12.1 Å². The number of carbonyl (C=O) groups is 1. The second kappa shape index (κ2) is 7.23. The van der Waals surface area contributed by atoms with Gasteiger partial charge < -0.3 is 4.74 Å². The first-order valence-corrected chi connectivity index (χ1v) is 14.1. The fraction of sp³-hybridized carbons (Fsp3) is 0.966. The van der Waals surface area contributed by atoms with Crippen molar-refractivity contribution in [3.63, 3.8) is 0 Å². The molecule has 6 rings (SSSR count). The predicted molar refractivity (Wildman–Crippen MR) is 124 cm³/mol. The van der Waals surface area contributed by atoms with Gasteiger partial charge in [-0.15, -0.1) is 0 Å². The molecule has 6 aliphatic rings. The number of carbonyl (C=O) groups excluding carboxylic acids is 1. The quantitative estimate of drug-likeness (QED) is 0.435. The molecule has 5 saturated carbocycles. The van der Waals surface area contributed by atoms with Gasteiger partial charge in [0.2, 0.25) is 0 Å². The van der Waals surface area contributed by atoms with Crippen molar-refractivity contribution in [2.45, 2.75) is 123 Å². The van der Waals surface area contributed by atoms with Gasteiger partial charge in [0.25, 0.3) is 0 Å². The Morgan fingerprint density at radius 2 is 1.71 bits per heavy atom. The maximum absolute atomic E-state index is 13.1. The number of rotatable bonds is 3. The van der Waals surface area contributed by atoms with Gasteiger partial charge in [0.1, 0.15) is 6.10 Å². The molecule has 2 heteroatoms. The summed E-state index contributed by atoms with van der Waals surface area (Å²) in [6, 6.07) is 0. The fourth-order valence-electron chi connectivity index (χ4n) is 11.1. The minimum atomic E-state index is -0.128. The Hall–Kier alpha value is -0.530. The maximum Gasteiger partial charge on any atom is 0.313 e. The van der Waals surface area contributed by atoms with Crippen LogP contribution >= 0.6 is 0 Å². The smallest absolute Gasteiger partial charge is 0.313 e. The minimum absolute atomic E-state index is 0.128. The summed E-state index contributed by atoms with van der Waals surface area (Å²) in [5.74, 6) is 5.59. The summed E-state index contributed by atoms with van der Waals surface area (Å²) in [5, 5.41) is 0. The molecule has 1 saturated heterocycles. The van der Waals surface area contributed by atoms with Gasteiger partial charge in [-0.3, -0.25) is 4.79 Å². The van der Waals surface area contributed by atoms with E-state index in [0.717, 1.165) is 54.8 Å². The Kier molecular flexibility index (Phi) is 4.91. The number of ether oxygens (including phenoxy) is 1. The molecule has 1 heterocycles. The first-order chi connectivity index (χ1) is 14.9. The number of fused-ring (bicyclic) bond motifs is 5. The van der Waals surface area contributed by atoms with Crippen LogP contribution in [0.5, 0.6) is 0 Å². The van der Waals surface area contributed by atoms with Gasteiger partial charge in [-0.05, 0) is 104 Å². The highest BCUT2D eigenvalue weighted by molar-refractivity contribution is 5.81. The van der Waals surface area contributed by atoms with E-state index in [1.54, 1.807) is 0 Å². The third kappa shape index (κ3) is 2.84. The zero-order valence-corrected chi connectivity index (χ0v) is 20.5. The van der Waals surface area contributed by atoms with Crippen molar-refractivity contribution in [2.24, 2.45) is 51.8 Å². The van der Waals surface area contributed by atoms with E-state index in [1.165, 1.54) is 77.0 Å². The summed E-state index contributed by atoms with van der Waals surface area (Å²) in [6.45, 7) is 7.84. The van der Waals surface area contributed by atoms with E-state index < -0.39 is 0 Å². The highest BCUT2D eigenvalue weighted by atomic mass is 16.6. The summed E-state index contributed by atoms with van der Waals surface area (Å²) >= 11 is 0. The zero-order chi connectivity index (χ0) is 21.4. The molecule has 31 heavy (non-hydrogen) atoms. The SMILES string of the molecule is C[C@@H](CC1CCCCC1)C1CCC2C3CC[C@]45C[C@H](CC[C@]4(C)C3CC[C@@]21C)OC5=O. The molecule has 0 aromatic carbocycles. The summed E-state index contributed by atoms with van der Waals surface area (Å²) in [5.41, 5.74) is 0.633. The first-order valence-electron chi connectivity index (χ1n) is 14.1. The summed E-state index contributed by atoms with van der Waals surface area (Å²) in [7, 11) is 0. The largest absolute Gasteiger partial charge is 0.462 e. The average molecular weight is 427 g/mol. The fourth-order valence-corrected chi connectivity index (χ4v) is 11.1. The Morgan fingerprint density at radius 1 is 0.903 bits per heavy atom. The van der Waals surface area contributed by atoms with E-state index in [9.17, 15) is 4.79 Å². The Labute approximate surface area is 190 Å². The van der Waals surface area contributed by atoms with Crippen LogP contribution < -0.4 is 0 Å². The molecular formula is C29H46O2. The second-order valence-electron chi connectivity index (χ2n) is 13.6. The van der Waals surface area contributed by atoms with Crippen LogP contribution in [0.15, 0.2) is 0 Å². The van der Waals surface area contributed by atoms with Gasteiger partial charge in [-0.2, -0.15) is 0 Å². The first kappa shape index (κ1) is 21.0. The highest BCUT2D eigenvalue weighted by Gasteiger charge is 2.70. The molecule has 0 amide bonds. The molecule has 6 fully saturated rings. The van der Waals surface area contributed by atoms with Gasteiger partial charge in [0, 0.05) is 6.42 Å². The van der Waals surface area contributed by atoms with Crippen LogP contribution in [0.25, 0.3) is 0 Å². The Morgan fingerprint density at radius 3 is 2.52 bits per heavy atom. The van der Waals surface area contributed by atoms with E-state index in [2.05, 4.69) is 20.8 Å². The lowest BCUT2D eigenvalue weighted by Gasteiger charge is -2.62. The van der Waals surface area contributed by atoms with E-state index >= 15 is 0 Å². The van der Waals surface area contributed by atoms with Gasteiger partial charge in [0.15, 0.2) is 0 Å². The van der Waals surface area contributed by atoms with E-state index in [0.29, 0.717) is 5.41 Å². The maximum atomic E-state index is 13.1. The molecule has 9 atom stereocenters. The topological polar surface area (TPSA) is 26.3 Å². The van der Waals surface area contributed by atoms with E-state index in [-0.39, 0.29) is 22.9 Å². The zero-order valence-electron chi connectivity index (χ0n) is 20.5. The molecule has 174 valence electrons. The minimum Gasteiger partial charge on any atom is -0.462 e. The van der Waals surface area contributed by atoms with E-state index in [1.807, 2.05) is 0 Å². The lowest BCUT2D eigenvalue weighted by molar-refractivity contribution is -0.173. The van der Waals surface area contributed by atoms with Crippen molar-refractivity contribution in [1.82, 2.24) is 0 Å². The standard InChI is InChI=1S/C29H46O2/c1-19(17-20-7-5-4-6-8-20)23-9-10-24-22-12-16-29-18-21(31-26(29)30)11-15-28(29,3)25(22)13-14-27(23,24)2/h19-25H,4-18H2,1-3H3/t19-,21-,22?,23?,24?,25?,27+,28+,29+/m0/s1. The van der Waals surface area contributed by atoms with Crippen molar-refractivity contribution in [2.75, 3.05) is 0 Å². The second-order valence-corrected chi connectivity index (χ2v) is 13.6. The third-order valence-corrected chi connectivity index (χ3v) is 12.7. The lowest BCUT2D eigenvalue weighted by Crippen LogP contribution is -2.59. The number of hydrogen-bond donors (Lipinski definition) is 0. The molecule has 0 aromatic rings. The Balaban J connectivity index is 1.22. The van der Waals surface area contributed by atoms with Crippen LogP contribution in [0.2, 0.25) is 0 Å². The molecule has 1 spiro atoms. The lowest BCUT2D eigenvalue weighted by atomic mass is 9.40. The molecule has 0 radical (unpaired) electrons. The monoisotopic (exact) mass is 426 g/mol. The highest BCUT2D eigenvalue weighted by Crippen LogP contribution is 2.73. The summed E-state index contributed by atoms with van der Waals surface area (Å²) in [6.07, 6.45) is 20.7. The van der Waals surface area contributed by atoms with Gasteiger partial charge in [0.05, 0.1) is 5.41 Å². The predicted octanol–water partition coefficient (Wildman–Crippen LogP) is 7.55. The molecule has 0 N–H and O–H groups in total. The van der Waals surface area contributed by atoms with Crippen LogP contribution in [0.4, 0.5) is 0 Å². The summed E-state index contributed by atoms with van der Waals surface area (Å²) in [4.78, 5) is 13.1.